The summed E-state index contributed by atoms with van der Waals surface area (Å²) in [5.74, 6) is 0.777. The molecule has 20 heavy (non-hydrogen) atoms. The molecule has 0 aliphatic carbocycles. The van der Waals surface area contributed by atoms with Gasteiger partial charge < -0.3 is 16.5 Å². The largest absolute Gasteiger partial charge is 0.399 e. The molecule has 0 bridgehead atoms. The zero-order valence-electron chi connectivity index (χ0n) is 10.7. The molecule has 0 fully saturated rings. The van der Waals surface area contributed by atoms with Gasteiger partial charge in [-0.2, -0.15) is 4.98 Å². The van der Waals surface area contributed by atoms with Crippen LogP contribution in [0, 0.1) is 0 Å². The van der Waals surface area contributed by atoms with Crippen molar-refractivity contribution in [3.63, 3.8) is 0 Å². The van der Waals surface area contributed by atoms with Gasteiger partial charge in [0.1, 0.15) is 5.82 Å². The van der Waals surface area contributed by atoms with Crippen molar-refractivity contribution >= 4 is 22.8 Å². The monoisotopic (exact) mass is 270 g/mol. The van der Waals surface area contributed by atoms with Gasteiger partial charge in [-0.05, 0) is 24.1 Å². The number of aromatic amines is 2. The molecule has 1 aromatic carbocycles. The third-order valence-electron chi connectivity index (χ3n) is 3.06. The molecule has 0 radical (unpaired) electrons. The Bertz CT molecular complexity index is 802. The molecule has 0 saturated heterocycles. The number of nitrogens with one attached hydrogen (secondary N) is 2. The molecule has 0 unspecified atom stereocenters. The van der Waals surface area contributed by atoms with E-state index in [-0.39, 0.29) is 11.5 Å². The number of aromatic nitrogens is 4. The molecule has 0 amide bonds. The number of fused-ring (bicyclic) bond motifs is 1. The predicted octanol–water partition coefficient (Wildman–Crippen LogP) is 0.596. The molecule has 0 atom stereocenters. The molecule has 102 valence electrons. The normalized spacial score (nSPS) is 11.0. The molecule has 6 N–H and O–H groups in total. The van der Waals surface area contributed by atoms with Crippen molar-refractivity contribution < 1.29 is 0 Å². The van der Waals surface area contributed by atoms with Gasteiger partial charge in [-0.3, -0.25) is 9.78 Å². The second kappa shape index (κ2) is 4.69. The van der Waals surface area contributed by atoms with E-state index >= 15 is 0 Å². The fourth-order valence-corrected chi connectivity index (χ4v) is 2.04. The summed E-state index contributed by atoms with van der Waals surface area (Å²) >= 11 is 0. The Morgan fingerprint density at radius 2 is 1.75 bits per heavy atom. The maximum absolute atomic E-state index is 11.7. The standard InChI is InChI=1S/C13H14N6O/c14-8-4-1-7(2-5-8)3-6-9-16-10-11(17-9)18-13(15)19-12(10)20/h1-2,4-5H,3,6,14H2,(H4,15,16,17,18,19,20). The summed E-state index contributed by atoms with van der Waals surface area (Å²) in [6.07, 6.45) is 1.48. The summed E-state index contributed by atoms with van der Waals surface area (Å²) in [5.41, 5.74) is 13.4. The number of imidazole rings is 1. The highest BCUT2D eigenvalue weighted by Crippen LogP contribution is 2.10. The van der Waals surface area contributed by atoms with Gasteiger partial charge in [0.2, 0.25) is 5.95 Å². The maximum atomic E-state index is 11.7. The molecule has 0 spiro atoms. The highest BCUT2D eigenvalue weighted by Gasteiger charge is 2.08. The number of anilines is 2. The summed E-state index contributed by atoms with van der Waals surface area (Å²) in [4.78, 5) is 25.3. The molecular formula is C13H14N6O. The third kappa shape index (κ3) is 2.33. The summed E-state index contributed by atoms with van der Waals surface area (Å²) in [5, 5.41) is 0. The van der Waals surface area contributed by atoms with Crippen LogP contribution in [0.5, 0.6) is 0 Å². The molecular weight excluding hydrogens is 256 g/mol. The summed E-state index contributed by atoms with van der Waals surface area (Å²) in [7, 11) is 0. The van der Waals surface area contributed by atoms with Crippen molar-refractivity contribution in [2.24, 2.45) is 0 Å². The van der Waals surface area contributed by atoms with Gasteiger partial charge in [0, 0.05) is 12.1 Å². The summed E-state index contributed by atoms with van der Waals surface area (Å²) in [6.45, 7) is 0. The van der Waals surface area contributed by atoms with E-state index < -0.39 is 0 Å². The van der Waals surface area contributed by atoms with Crippen LogP contribution in [-0.4, -0.2) is 19.9 Å². The Morgan fingerprint density at radius 1 is 1.00 bits per heavy atom. The fraction of sp³-hybridized carbons (Fsp3) is 0.154. The van der Waals surface area contributed by atoms with Gasteiger partial charge in [-0.25, -0.2) is 4.98 Å². The van der Waals surface area contributed by atoms with Gasteiger partial charge in [-0.15, -0.1) is 0 Å². The average molecular weight is 270 g/mol. The molecule has 7 heteroatoms. The quantitative estimate of drug-likeness (QED) is 0.518. The van der Waals surface area contributed by atoms with E-state index in [9.17, 15) is 4.79 Å². The zero-order chi connectivity index (χ0) is 14.1. The number of H-pyrrole nitrogens is 2. The van der Waals surface area contributed by atoms with Crippen LogP contribution in [0.2, 0.25) is 0 Å². The first kappa shape index (κ1) is 12.2. The molecule has 0 aliphatic heterocycles. The van der Waals surface area contributed by atoms with Crippen LogP contribution < -0.4 is 17.0 Å². The van der Waals surface area contributed by atoms with Gasteiger partial charge in [0.25, 0.3) is 5.56 Å². The van der Waals surface area contributed by atoms with Gasteiger partial charge in [0.05, 0.1) is 0 Å². The number of aryl methyl sites for hydroxylation is 2. The maximum Gasteiger partial charge on any atom is 0.278 e. The molecule has 0 aliphatic rings. The predicted molar refractivity (Wildman–Crippen MR) is 77.2 cm³/mol. The fourth-order valence-electron chi connectivity index (χ4n) is 2.04. The number of nitrogen functional groups attached to an aromatic ring is 2. The molecule has 3 aromatic rings. The molecule has 0 saturated carbocycles. The van der Waals surface area contributed by atoms with Crippen molar-refractivity contribution in [1.82, 2.24) is 19.9 Å². The average Bonchev–Trinajstić information content (AvgIpc) is 2.81. The van der Waals surface area contributed by atoms with E-state index in [0.717, 1.165) is 17.7 Å². The third-order valence-corrected chi connectivity index (χ3v) is 3.06. The SMILES string of the molecule is Nc1ccc(CCc2nc3nc(N)[nH]c(=O)c3[nH]2)cc1. The lowest BCUT2D eigenvalue weighted by molar-refractivity contribution is 0.889. The summed E-state index contributed by atoms with van der Waals surface area (Å²) in [6, 6.07) is 7.67. The first-order valence-corrected chi connectivity index (χ1v) is 6.20. The lowest BCUT2D eigenvalue weighted by atomic mass is 10.1. The Balaban J connectivity index is 1.83. The summed E-state index contributed by atoms with van der Waals surface area (Å²) < 4.78 is 0. The number of hydrogen-bond acceptors (Lipinski definition) is 5. The van der Waals surface area contributed by atoms with E-state index in [1.807, 2.05) is 24.3 Å². The number of rotatable bonds is 3. The second-order valence-corrected chi connectivity index (χ2v) is 4.57. The van der Waals surface area contributed by atoms with Crippen LogP contribution in [0.15, 0.2) is 29.1 Å². The van der Waals surface area contributed by atoms with Crippen molar-refractivity contribution in [2.75, 3.05) is 11.5 Å². The van der Waals surface area contributed by atoms with Crippen molar-refractivity contribution in [3.8, 4) is 0 Å². The van der Waals surface area contributed by atoms with Crippen LogP contribution in [-0.2, 0) is 12.8 Å². The lowest BCUT2D eigenvalue weighted by Gasteiger charge is -1.99. The number of nitrogens with two attached hydrogens (primary N) is 2. The van der Waals surface area contributed by atoms with Crippen LogP contribution in [0.4, 0.5) is 11.6 Å². The molecule has 3 rings (SSSR count). The van der Waals surface area contributed by atoms with E-state index in [4.69, 9.17) is 11.5 Å². The van der Waals surface area contributed by atoms with Crippen molar-refractivity contribution in [2.45, 2.75) is 12.8 Å². The highest BCUT2D eigenvalue weighted by atomic mass is 16.1. The number of nitrogens with zero attached hydrogens (tertiary/aromatic N) is 2. The molecule has 2 aromatic heterocycles. The highest BCUT2D eigenvalue weighted by molar-refractivity contribution is 5.70. The Kier molecular flexibility index (Phi) is 2.86. The van der Waals surface area contributed by atoms with E-state index in [1.54, 1.807) is 0 Å². The molecule has 2 heterocycles. The first-order chi connectivity index (χ1) is 9.61. The minimum Gasteiger partial charge on any atom is -0.399 e. The minimum atomic E-state index is -0.307. The van der Waals surface area contributed by atoms with Crippen LogP contribution in [0.25, 0.3) is 11.2 Å². The van der Waals surface area contributed by atoms with Crippen LogP contribution >= 0.6 is 0 Å². The Labute approximate surface area is 114 Å². The first-order valence-electron chi connectivity index (χ1n) is 6.20. The topological polar surface area (TPSA) is 126 Å². The van der Waals surface area contributed by atoms with E-state index in [2.05, 4.69) is 19.9 Å². The number of benzene rings is 1. The number of hydrogen-bond donors (Lipinski definition) is 4. The Morgan fingerprint density at radius 3 is 2.50 bits per heavy atom. The van der Waals surface area contributed by atoms with Gasteiger partial charge in [-0.1, -0.05) is 12.1 Å². The van der Waals surface area contributed by atoms with Crippen molar-refractivity contribution in [3.05, 3.63) is 46.0 Å². The second-order valence-electron chi connectivity index (χ2n) is 4.57. The lowest BCUT2D eigenvalue weighted by Crippen LogP contribution is -2.10. The van der Waals surface area contributed by atoms with Crippen LogP contribution in [0.3, 0.4) is 0 Å². The van der Waals surface area contributed by atoms with E-state index in [0.29, 0.717) is 23.4 Å². The molecule has 7 nitrogen and oxygen atoms in total. The van der Waals surface area contributed by atoms with Gasteiger partial charge >= 0.3 is 0 Å². The van der Waals surface area contributed by atoms with Crippen molar-refractivity contribution in [1.29, 1.82) is 0 Å². The van der Waals surface area contributed by atoms with Crippen LogP contribution in [0.1, 0.15) is 11.4 Å². The van der Waals surface area contributed by atoms with E-state index in [1.165, 1.54) is 0 Å². The Hall–Kier alpha value is -2.83. The zero-order valence-corrected chi connectivity index (χ0v) is 10.7. The van der Waals surface area contributed by atoms with Gasteiger partial charge in [0.15, 0.2) is 11.2 Å². The smallest absolute Gasteiger partial charge is 0.278 e. The minimum absolute atomic E-state index is 0.0686.